The molecule has 0 radical (unpaired) electrons. The first-order chi connectivity index (χ1) is 13.1. The molecule has 138 valence electrons. The highest BCUT2D eigenvalue weighted by atomic mass is 79.9. The van der Waals surface area contributed by atoms with Crippen molar-refractivity contribution in [3.05, 3.63) is 94.0 Å². The van der Waals surface area contributed by atoms with Gasteiger partial charge in [0.15, 0.2) is 0 Å². The zero-order valence-corrected chi connectivity index (χ0v) is 17.3. The second kappa shape index (κ2) is 9.53. The molecule has 0 aromatic heterocycles. The molecule has 0 bridgehead atoms. The Kier molecular flexibility index (Phi) is 6.85. The summed E-state index contributed by atoms with van der Waals surface area (Å²) < 4.78 is 12.1. The monoisotopic (exact) mass is 441 g/mol. The molecule has 0 saturated heterocycles. The van der Waals surface area contributed by atoms with Gasteiger partial charge in [0.1, 0.15) is 23.1 Å². The van der Waals surface area contributed by atoms with Crippen LogP contribution in [0, 0.1) is 0 Å². The van der Waals surface area contributed by atoms with Gasteiger partial charge in [0.25, 0.3) is 0 Å². The van der Waals surface area contributed by atoms with E-state index in [1.807, 2.05) is 72.8 Å². The number of hydrogen-bond acceptors (Lipinski definition) is 3. The second-order valence-electron chi connectivity index (χ2n) is 5.97. The van der Waals surface area contributed by atoms with Crippen molar-refractivity contribution in [2.75, 3.05) is 7.11 Å². The number of benzene rings is 3. The van der Waals surface area contributed by atoms with E-state index in [1.165, 1.54) is 0 Å². The van der Waals surface area contributed by atoms with E-state index in [0.717, 1.165) is 32.7 Å². The third kappa shape index (κ3) is 5.81. The molecule has 0 unspecified atom stereocenters. The fraction of sp³-hybridized carbons (Fsp3) is 0.136. The predicted octanol–water partition coefficient (Wildman–Crippen LogP) is 5.50. The summed E-state index contributed by atoms with van der Waals surface area (Å²) in [6.07, 6.45) is 0. The first-order valence-corrected chi connectivity index (χ1v) is 9.72. The van der Waals surface area contributed by atoms with Crippen molar-refractivity contribution in [3.8, 4) is 11.5 Å². The van der Waals surface area contributed by atoms with E-state index in [1.54, 1.807) is 7.11 Å². The molecule has 0 aliphatic heterocycles. The van der Waals surface area contributed by atoms with Crippen molar-refractivity contribution in [2.24, 2.45) is 0 Å². The standard InChI is InChI=1S/C22H20BrNO2S/c1-25-20-10-4-16(5-11-20)14-24-22(27)18-6-12-21(13-7-18)26-15-17-2-8-19(23)9-3-17/h2-13H,14-15H2,1H3,(H,24,27). The van der Waals surface area contributed by atoms with Crippen LogP contribution in [0.3, 0.4) is 0 Å². The van der Waals surface area contributed by atoms with Gasteiger partial charge in [-0.25, -0.2) is 0 Å². The minimum Gasteiger partial charge on any atom is -0.497 e. The number of hydrogen-bond donors (Lipinski definition) is 1. The fourth-order valence-corrected chi connectivity index (χ4v) is 2.95. The molecule has 0 aliphatic carbocycles. The third-order valence-corrected chi connectivity index (χ3v) is 4.96. The van der Waals surface area contributed by atoms with Crippen molar-refractivity contribution in [1.29, 1.82) is 0 Å². The molecule has 3 rings (SSSR count). The van der Waals surface area contributed by atoms with E-state index in [2.05, 4.69) is 21.2 Å². The van der Waals surface area contributed by atoms with Crippen LogP contribution in [-0.2, 0) is 13.2 Å². The highest BCUT2D eigenvalue weighted by Gasteiger charge is 2.03. The maximum atomic E-state index is 5.83. The quantitative estimate of drug-likeness (QED) is 0.490. The Bertz CT molecular complexity index is 878. The predicted molar refractivity (Wildman–Crippen MR) is 116 cm³/mol. The van der Waals surface area contributed by atoms with Crippen LogP contribution in [0.15, 0.2) is 77.3 Å². The van der Waals surface area contributed by atoms with Gasteiger partial charge in [0.05, 0.1) is 7.11 Å². The van der Waals surface area contributed by atoms with Crippen molar-refractivity contribution < 1.29 is 9.47 Å². The molecule has 1 N–H and O–H groups in total. The van der Waals surface area contributed by atoms with E-state index >= 15 is 0 Å². The summed E-state index contributed by atoms with van der Waals surface area (Å²) in [6.45, 7) is 1.21. The molecule has 3 nitrogen and oxygen atoms in total. The second-order valence-corrected chi connectivity index (χ2v) is 7.29. The summed E-state index contributed by atoms with van der Waals surface area (Å²) >= 11 is 8.92. The van der Waals surface area contributed by atoms with E-state index in [-0.39, 0.29) is 0 Å². The molecule has 3 aromatic carbocycles. The first-order valence-electron chi connectivity index (χ1n) is 8.52. The van der Waals surface area contributed by atoms with Crippen molar-refractivity contribution in [3.63, 3.8) is 0 Å². The van der Waals surface area contributed by atoms with Crippen LogP contribution in [0.5, 0.6) is 11.5 Å². The van der Waals surface area contributed by atoms with Crippen LogP contribution in [0.4, 0.5) is 0 Å². The molecule has 3 aromatic rings. The maximum absolute atomic E-state index is 5.83. The smallest absolute Gasteiger partial charge is 0.119 e. The molecule has 0 saturated carbocycles. The highest BCUT2D eigenvalue weighted by Crippen LogP contribution is 2.17. The van der Waals surface area contributed by atoms with Crippen LogP contribution in [0.1, 0.15) is 16.7 Å². The summed E-state index contributed by atoms with van der Waals surface area (Å²) in [5.41, 5.74) is 3.24. The number of halogens is 1. The van der Waals surface area contributed by atoms with Gasteiger partial charge < -0.3 is 14.8 Å². The average Bonchev–Trinajstić information content (AvgIpc) is 2.72. The highest BCUT2D eigenvalue weighted by molar-refractivity contribution is 9.10. The van der Waals surface area contributed by atoms with E-state index < -0.39 is 0 Å². The van der Waals surface area contributed by atoms with E-state index in [0.29, 0.717) is 18.1 Å². The molecular weight excluding hydrogens is 422 g/mol. The molecule has 27 heavy (non-hydrogen) atoms. The molecule has 0 amide bonds. The minimum absolute atomic E-state index is 0.535. The maximum Gasteiger partial charge on any atom is 0.119 e. The van der Waals surface area contributed by atoms with Gasteiger partial charge in [-0.1, -0.05) is 52.4 Å². The summed E-state index contributed by atoms with van der Waals surface area (Å²) in [6, 6.07) is 23.8. The first kappa shape index (κ1) is 19.4. The lowest BCUT2D eigenvalue weighted by Crippen LogP contribution is -2.21. The fourth-order valence-electron chi connectivity index (χ4n) is 2.48. The molecule has 0 aliphatic rings. The summed E-state index contributed by atoms with van der Waals surface area (Å²) in [5, 5.41) is 3.28. The average molecular weight is 442 g/mol. The van der Waals surface area contributed by atoms with Gasteiger partial charge >= 0.3 is 0 Å². The largest absolute Gasteiger partial charge is 0.497 e. The van der Waals surface area contributed by atoms with Crippen LogP contribution < -0.4 is 14.8 Å². The molecular formula is C22H20BrNO2S. The molecule has 0 spiro atoms. The number of rotatable bonds is 7. The molecule has 0 fully saturated rings. The van der Waals surface area contributed by atoms with Crippen molar-refractivity contribution in [2.45, 2.75) is 13.2 Å². The molecule has 0 heterocycles. The Labute approximate surface area is 173 Å². The van der Waals surface area contributed by atoms with Gasteiger partial charge in [-0.15, -0.1) is 0 Å². The summed E-state index contributed by atoms with van der Waals surface area (Å²) in [4.78, 5) is 0.713. The van der Waals surface area contributed by atoms with E-state index in [9.17, 15) is 0 Å². The Hall–Kier alpha value is -2.37. The lowest BCUT2D eigenvalue weighted by Gasteiger charge is -2.10. The number of thiocarbonyl (C=S) groups is 1. The Morgan fingerprint density at radius 2 is 1.44 bits per heavy atom. The summed E-state index contributed by atoms with van der Waals surface area (Å²) in [5.74, 6) is 1.67. The van der Waals surface area contributed by atoms with Crippen LogP contribution in [0.25, 0.3) is 0 Å². The van der Waals surface area contributed by atoms with Crippen LogP contribution in [0.2, 0.25) is 0 Å². The van der Waals surface area contributed by atoms with E-state index in [4.69, 9.17) is 21.7 Å². The van der Waals surface area contributed by atoms with Gasteiger partial charge in [-0.3, -0.25) is 0 Å². The minimum atomic E-state index is 0.535. The Morgan fingerprint density at radius 1 is 0.852 bits per heavy atom. The Balaban J connectivity index is 1.51. The van der Waals surface area contributed by atoms with Crippen molar-refractivity contribution in [1.82, 2.24) is 5.32 Å². The zero-order chi connectivity index (χ0) is 19.1. The van der Waals surface area contributed by atoms with Gasteiger partial charge in [0.2, 0.25) is 0 Å². The van der Waals surface area contributed by atoms with Crippen LogP contribution in [-0.4, -0.2) is 12.1 Å². The van der Waals surface area contributed by atoms with Gasteiger partial charge in [-0.2, -0.15) is 0 Å². The normalized spacial score (nSPS) is 10.3. The number of nitrogens with one attached hydrogen (secondary N) is 1. The van der Waals surface area contributed by atoms with Crippen molar-refractivity contribution >= 4 is 33.1 Å². The zero-order valence-electron chi connectivity index (χ0n) is 14.9. The molecule has 5 heteroatoms. The Morgan fingerprint density at radius 3 is 2.07 bits per heavy atom. The SMILES string of the molecule is COc1ccc(CNC(=S)c2ccc(OCc3ccc(Br)cc3)cc2)cc1. The molecule has 0 atom stereocenters. The topological polar surface area (TPSA) is 30.5 Å². The van der Waals surface area contributed by atoms with Gasteiger partial charge in [0, 0.05) is 16.6 Å². The summed E-state index contributed by atoms with van der Waals surface area (Å²) in [7, 11) is 1.66. The third-order valence-electron chi connectivity index (χ3n) is 4.05. The lowest BCUT2D eigenvalue weighted by molar-refractivity contribution is 0.306. The number of methoxy groups -OCH3 is 1. The van der Waals surface area contributed by atoms with Gasteiger partial charge in [-0.05, 0) is 59.7 Å². The lowest BCUT2D eigenvalue weighted by atomic mass is 10.2. The van der Waals surface area contributed by atoms with Crippen LogP contribution >= 0.6 is 28.1 Å². The number of ether oxygens (including phenoxy) is 2.